The molecule has 1 saturated heterocycles. The van der Waals surface area contributed by atoms with Crippen molar-refractivity contribution in [2.75, 3.05) is 11.5 Å². The summed E-state index contributed by atoms with van der Waals surface area (Å²) >= 11 is 5.34. The van der Waals surface area contributed by atoms with Crippen molar-refractivity contribution in [2.45, 2.75) is 20.3 Å². The number of rotatable bonds is 5. The molecule has 2 aromatic rings. The number of para-hydroxylation sites is 1. The highest BCUT2D eigenvalue weighted by molar-refractivity contribution is 7.80. The van der Waals surface area contributed by atoms with E-state index in [1.54, 1.807) is 24.3 Å². The molecule has 2 aromatic carbocycles. The number of carbonyl (C=O) groups is 1. The van der Waals surface area contributed by atoms with Gasteiger partial charge in [-0.15, -0.1) is 0 Å². The summed E-state index contributed by atoms with van der Waals surface area (Å²) in [6.07, 6.45) is 2.45. The van der Waals surface area contributed by atoms with Gasteiger partial charge in [-0.05, 0) is 55.4 Å². The molecule has 1 fully saturated rings. The first-order valence-corrected chi connectivity index (χ1v) is 8.86. The third-order valence-electron chi connectivity index (χ3n) is 4.09. The van der Waals surface area contributed by atoms with Gasteiger partial charge in [-0.25, -0.2) is 0 Å². The molecule has 0 bridgehead atoms. The predicted octanol–water partition coefficient (Wildman–Crippen LogP) is 3.62. The van der Waals surface area contributed by atoms with Gasteiger partial charge >= 0.3 is 0 Å². The van der Waals surface area contributed by atoms with E-state index in [1.807, 2.05) is 31.2 Å². The summed E-state index contributed by atoms with van der Waals surface area (Å²) in [4.78, 5) is 14.3. The number of carbonyl (C=O) groups excluding carboxylic acids is 1. The molecule has 1 aliphatic heterocycles. The Bertz CT molecular complexity index is 892. The molecule has 0 unspecified atom stereocenters. The van der Waals surface area contributed by atoms with Crippen LogP contribution in [-0.2, 0) is 11.2 Å². The maximum absolute atomic E-state index is 12.8. The fourth-order valence-electron chi connectivity index (χ4n) is 2.77. The van der Waals surface area contributed by atoms with E-state index in [0.717, 1.165) is 17.7 Å². The maximum atomic E-state index is 12.8. The van der Waals surface area contributed by atoms with Crippen molar-refractivity contribution in [3.63, 3.8) is 0 Å². The van der Waals surface area contributed by atoms with Gasteiger partial charge < -0.3 is 15.2 Å². The molecule has 0 atom stereocenters. The van der Waals surface area contributed by atoms with Crippen molar-refractivity contribution < 1.29 is 14.6 Å². The Morgan fingerprint density at radius 1 is 1.23 bits per heavy atom. The Morgan fingerprint density at radius 2 is 2.00 bits per heavy atom. The lowest BCUT2D eigenvalue weighted by Gasteiger charge is -2.14. The molecule has 0 radical (unpaired) electrons. The Balaban J connectivity index is 1.94. The van der Waals surface area contributed by atoms with Gasteiger partial charge in [-0.3, -0.25) is 9.69 Å². The molecule has 134 valence electrons. The molecule has 0 aromatic heterocycles. The van der Waals surface area contributed by atoms with Gasteiger partial charge in [0.2, 0.25) is 0 Å². The predicted molar refractivity (Wildman–Crippen MR) is 106 cm³/mol. The number of nitrogens with one attached hydrogen (secondary N) is 1. The van der Waals surface area contributed by atoms with Crippen LogP contribution in [0.3, 0.4) is 0 Å². The van der Waals surface area contributed by atoms with Gasteiger partial charge in [0.05, 0.1) is 12.3 Å². The van der Waals surface area contributed by atoms with Crippen molar-refractivity contribution in [2.24, 2.45) is 0 Å². The highest BCUT2D eigenvalue weighted by Crippen LogP contribution is 2.32. The molecular formula is C20H20N2O3S. The number of hydrogen-bond acceptors (Lipinski definition) is 4. The number of phenolic OH excluding ortho intramolecular Hbond substituents is 1. The molecule has 1 amide bonds. The molecule has 0 spiro atoms. The Hall–Kier alpha value is -2.86. The molecular weight excluding hydrogens is 348 g/mol. The van der Waals surface area contributed by atoms with E-state index in [9.17, 15) is 9.90 Å². The lowest BCUT2D eigenvalue weighted by Crippen LogP contribution is -2.30. The van der Waals surface area contributed by atoms with Gasteiger partial charge in [0, 0.05) is 5.56 Å². The van der Waals surface area contributed by atoms with Crippen LogP contribution in [0.25, 0.3) is 6.08 Å². The second-order valence-corrected chi connectivity index (χ2v) is 6.17. The third kappa shape index (κ3) is 3.41. The molecule has 3 rings (SSSR count). The van der Waals surface area contributed by atoms with Crippen molar-refractivity contribution in [3.8, 4) is 11.5 Å². The fraction of sp³-hybridized carbons (Fsp3) is 0.200. The zero-order chi connectivity index (χ0) is 18.7. The van der Waals surface area contributed by atoms with Crippen molar-refractivity contribution >= 4 is 35.0 Å². The first kappa shape index (κ1) is 17.9. The largest absolute Gasteiger partial charge is 0.504 e. The van der Waals surface area contributed by atoms with Crippen LogP contribution >= 0.6 is 12.2 Å². The van der Waals surface area contributed by atoms with Gasteiger partial charge in [0.15, 0.2) is 16.6 Å². The molecule has 5 nitrogen and oxygen atoms in total. The van der Waals surface area contributed by atoms with Crippen LogP contribution in [0.1, 0.15) is 25.0 Å². The fourth-order valence-corrected chi connectivity index (χ4v) is 3.07. The highest BCUT2D eigenvalue weighted by Gasteiger charge is 2.32. The average molecular weight is 368 g/mol. The summed E-state index contributed by atoms with van der Waals surface area (Å²) in [6, 6.07) is 12.9. The van der Waals surface area contributed by atoms with Gasteiger partial charge in [0.1, 0.15) is 5.70 Å². The SMILES string of the molecule is CCOc1cccc(/C=C2/NC(=S)N(c3cccc(CC)c3)C2=O)c1O. The Morgan fingerprint density at radius 3 is 2.73 bits per heavy atom. The van der Waals surface area contributed by atoms with Crippen LogP contribution in [0.2, 0.25) is 0 Å². The zero-order valence-electron chi connectivity index (χ0n) is 14.7. The quantitative estimate of drug-likeness (QED) is 0.624. The summed E-state index contributed by atoms with van der Waals surface area (Å²) < 4.78 is 5.38. The standard InChI is InChI=1S/C20H20N2O3S/c1-3-13-7-5-9-15(11-13)22-19(24)16(21-20(22)26)12-14-8-6-10-17(18(14)23)25-4-2/h5-12,23H,3-4H2,1-2H3,(H,21,26)/b16-12+. The van der Waals surface area contributed by atoms with Crippen LogP contribution in [0.5, 0.6) is 11.5 Å². The summed E-state index contributed by atoms with van der Waals surface area (Å²) in [5, 5.41) is 13.6. The molecule has 0 saturated carbocycles. The first-order valence-electron chi connectivity index (χ1n) is 8.46. The van der Waals surface area contributed by atoms with E-state index in [-0.39, 0.29) is 11.7 Å². The van der Waals surface area contributed by atoms with E-state index in [2.05, 4.69) is 12.2 Å². The number of hydrogen-bond donors (Lipinski definition) is 2. The van der Waals surface area contributed by atoms with E-state index in [1.165, 1.54) is 4.90 Å². The van der Waals surface area contributed by atoms with Crippen LogP contribution in [0.15, 0.2) is 48.2 Å². The molecule has 1 aliphatic rings. The summed E-state index contributed by atoms with van der Waals surface area (Å²) in [6.45, 7) is 4.34. The monoisotopic (exact) mass is 368 g/mol. The number of aromatic hydroxyl groups is 1. The van der Waals surface area contributed by atoms with Gasteiger partial charge in [-0.2, -0.15) is 0 Å². The van der Waals surface area contributed by atoms with Crippen molar-refractivity contribution in [1.82, 2.24) is 5.32 Å². The second-order valence-electron chi connectivity index (χ2n) is 5.78. The van der Waals surface area contributed by atoms with E-state index >= 15 is 0 Å². The van der Waals surface area contributed by atoms with Crippen molar-refractivity contribution in [3.05, 3.63) is 59.3 Å². The summed E-state index contributed by atoms with van der Waals surface area (Å²) in [5.41, 5.74) is 2.64. The number of aryl methyl sites for hydroxylation is 1. The third-order valence-corrected chi connectivity index (χ3v) is 4.37. The zero-order valence-corrected chi connectivity index (χ0v) is 15.5. The lowest BCUT2D eigenvalue weighted by atomic mass is 10.1. The van der Waals surface area contributed by atoms with Crippen LogP contribution in [0, 0.1) is 0 Å². The van der Waals surface area contributed by atoms with Gasteiger partial charge in [-0.1, -0.05) is 31.2 Å². The topological polar surface area (TPSA) is 61.8 Å². The number of amides is 1. The number of anilines is 1. The summed E-state index contributed by atoms with van der Waals surface area (Å²) in [7, 11) is 0. The van der Waals surface area contributed by atoms with E-state index < -0.39 is 0 Å². The molecule has 26 heavy (non-hydrogen) atoms. The number of ether oxygens (including phenoxy) is 1. The average Bonchev–Trinajstić information content (AvgIpc) is 2.92. The number of nitrogens with zero attached hydrogens (tertiary/aromatic N) is 1. The molecule has 0 aliphatic carbocycles. The number of phenols is 1. The number of thiocarbonyl (C=S) groups is 1. The van der Waals surface area contributed by atoms with Crippen LogP contribution in [0.4, 0.5) is 5.69 Å². The normalized spacial score (nSPS) is 15.5. The minimum Gasteiger partial charge on any atom is -0.504 e. The van der Waals surface area contributed by atoms with Crippen LogP contribution in [-0.4, -0.2) is 22.7 Å². The highest BCUT2D eigenvalue weighted by atomic mass is 32.1. The van der Waals surface area contributed by atoms with Gasteiger partial charge in [0.25, 0.3) is 5.91 Å². The lowest BCUT2D eigenvalue weighted by molar-refractivity contribution is -0.113. The smallest absolute Gasteiger partial charge is 0.281 e. The maximum Gasteiger partial charge on any atom is 0.281 e. The summed E-state index contributed by atoms with van der Waals surface area (Å²) in [5.74, 6) is 0.112. The Kier molecular flexibility index (Phi) is 5.23. The molecule has 6 heteroatoms. The van der Waals surface area contributed by atoms with E-state index in [0.29, 0.717) is 28.7 Å². The minimum absolute atomic E-state index is 0.00574. The van der Waals surface area contributed by atoms with Crippen molar-refractivity contribution in [1.29, 1.82) is 0 Å². The second kappa shape index (κ2) is 7.58. The van der Waals surface area contributed by atoms with E-state index in [4.69, 9.17) is 17.0 Å². The molecule has 2 N–H and O–H groups in total. The number of benzene rings is 2. The van der Waals surface area contributed by atoms with Crippen LogP contribution < -0.4 is 15.0 Å². The Labute approximate surface area is 157 Å². The first-order chi connectivity index (χ1) is 12.5. The molecule has 1 heterocycles. The minimum atomic E-state index is -0.260.